The average Bonchev–Trinajstić information content (AvgIpc) is 2.91. The number of piperazine rings is 1. The van der Waals surface area contributed by atoms with Crippen LogP contribution in [0.2, 0.25) is 0 Å². The van der Waals surface area contributed by atoms with Gasteiger partial charge in [0.05, 0.1) is 12.1 Å². The molecule has 92 valence electrons. The Kier molecular flexibility index (Phi) is 2.97. The molecule has 2 heteroatoms. The molecule has 0 aromatic rings. The lowest BCUT2D eigenvalue weighted by Crippen LogP contribution is -3.31. The van der Waals surface area contributed by atoms with Crippen LogP contribution in [-0.2, 0) is 0 Å². The van der Waals surface area contributed by atoms with E-state index in [2.05, 4.69) is 13.8 Å². The number of nitrogens with one attached hydrogen (secondary N) is 2. The van der Waals surface area contributed by atoms with E-state index < -0.39 is 0 Å². The molecular weight excluding hydrogens is 196 g/mol. The quantitative estimate of drug-likeness (QED) is 0.618. The summed E-state index contributed by atoms with van der Waals surface area (Å²) >= 11 is 0. The smallest absolute Gasteiger partial charge is 0.127 e. The molecule has 3 rings (SSSR count). The maximum absolute atomic E-state index is 2.37. The molecular formula is C14H28N2+2. The van der Waals surface area contributed by atoms with Gasteiger partial charge in [-0.2, -0.15) is 0 Å². The first kappa shape index (κ1) is 11.0. The summed E-state index contributed by atoms with van der Waals surface area (Å²) in [6, 6.07) is 1.90. The fraction of sp³-hybridized carbons (Fsp3) is 1.00. The monoisotopic (exact) mass is 224 g/mol. The van der Waals surface area contributed by atoms with Crippen molar-refractivity contribution in [2.24, 2.45) is 11.8 Å². The predicted molar refractivity (Wildman–Crippen MR) is 65.8 cm³/mol. The Balaban J connectivity index is 1.54. The first-order chi connectivity index (χ1) is 7.74. The number of hydrogen-bond donors (Lipinski definition) is 2. The van der Waals surface area contributed by atoms with Crippen molar-refractivity contribution in [2.75, 3.05) is 26.2 Å². The van der Waals surface area contributed by atoms with Gasteiger partial charge in [0.1, 0.15) is 26.2 Å². The van der Waals surface area contributed by atoms with Crippen LogP contribution in [0.1, 0.15) is 39.5 Å². The van der Waals surface area contributed by atoms with Gasteiger partial charge in [0, 0.05) is 12.3 Å². The summed E-state index contributed by atoms with van der Waals surface area (Å²) in [4.78, 5) is 3.81. The third-order valence-electron chi connectivity index (χ3n) is 5.61. The van der Waals surface area contributed by atoms with Gasteiger partial charge in [-0.3, -0.25) is 0 Å². The highest BCUT2D eigenvalue weighted by atomic mass is 15.3. The maximum atomic E-state index is 2.37. The zero-order valence-corrected chi connectivity index (χ0v) is 11.0. The summed E-state index contributed by atoms with van der Waals surface area (Å²) in [5, 5.41) is 0. The minimum Gasteiger partial charge on any atom is -0.324 e. The van der Waals surface area contributed by atoms with Crippen molar-refractivity contribution in [3.8, 4) is 0 Å². The Labute approximate surface area is 100.0 Å². The molecule has 0 radical (unpaired) electrons. The van der Waals surface area contributed by atoms with Crippen LogP contribution in [-0.4, -0.2) is 38.3 Å². The molecule has 16 heavy (non-hydrogen) atoms. The SMILES string of the molecule is CC(C)[NH+]1CC[NH+]([C@H]2C[C@H]3CC[C@@H]2C3)CC1. The summed E-state index contributed by atoms with van der Waals surface area (Å²) in [6.07, 6.45) is 6.25. The molecule has 3 aliphatic rings. The van der Waals surface area contributed by atoms with Crippen molar-refractivity contribution in [1.29, 1.82) is 0 Å². The van der Waals surface area contributed by atoms with E-state index >= 15 is 0 Å². The van der Waals surface area contributed by atoms with Gasteiger partial charge < -0.3 is 9.80 Å². The van der Waals surface area contributed by atoms with Crippen LogP contribution < -0.4 is 9.80 Å². The molecule has 2 nitrogen and oxygen atoms in total. The second kappa shape index (κ2) is 4.30. The standard InChI is InChI=1S/C14H26N2/c1-11(2)15-5-7-16(8-6-15)14-10-12-3-4-13(14)9-12/h11-14H,3-10H2,1-2H3/p+2/t12-,13+,14-/m0/s1. The largest absolute Gasteiger partial charge is 0.324 e. The average molecular weight is 224 g/mol. The Morgan fingerprint density at radius 1 is 0.938 bits per heavy atom. The minimum atomic E-state index is 0.835. The van der Waals surface area contributed by atoms with E-state index in [9.17, 15) is 0 Å². The van der Waals surface area contributed by atoms with Crippen molar-refractivity contribution >= 4 is 0 Å². The first-order valence-corrected chi connectivity index (χ1v) is 7.43. The van der Waals surface area contributed by atoms with E-state index in [-0.39, 0.29) is 0 Å². The Morgan fingerprint density at radius 3 is 2.19 bits per heavy atom. The molecule has 0 spiro atoms. The molecule has 2 N–H and O–H groups in total. The van der Waals surface area contributed by atoms with Crippen LogP contribution in [0.4, 0.5) is 0 Å². The van der Waals surface area contributed by atoms with Gasteiger partial charge >= 0.3 is 0 Å². The highest BCUT2D eigenvalue weighted by Crippen LogP contribution is 2.43. The lowest BCUT2D eigenvalue weighted by Gasteiger charge is -2.37. The van der Waals surface area contributed by atoms with E-state index in [0.29, 0.717) is 0 Å². The number of fused-ring (bicyclic) bond motifs is 2. The molecule has 3 atom stereocenters. The van der Waals surface area contributed by atoms with Crippen molar-refractivity contribution in [1.82, 2.24) is 0 Å². The van der Waals surface area contributed by atoms with Gasteiger partial charge in [0.25, 0.3) is 0 Å². The molecule has 2 aliphatic carbocycles. The van der Waals surface area contributed by atoms with Gasteiger partial charge in [-0.25, -0.2) is 0 Å². The van der Waals surface area contributed by atoms with Crippen molar-refractivity contribution in [3.63, 3.8) is 0 Å². The lowest BCUT2D eigenvalue weighted by molar-refractivity contribution is -1.03. The molecule has 0 amide bonds. The Bertz CT molecular complexity index is 243. The second-order valence-corrected chi connectivity index (χ2v) is 6.75. The van der Waals surface area contributed by atoms with E-state index in [1.165, 1.54) is 26.2 Å². The number of hydrogen-bond acceptors (Lipinski definition) is 0. The fourth-order valence-electron chi connectivity index (χ4n) is 4.59. The third kappa shape index (κ3) is 1.91. The highest BCUT2D eigenvalue weighted by molar-refractivity contribution is 4.90. The van der Waals surface area contributed by atoms with Crippen LogP contribution in [0.5, 0.6) is 0 Å². The van der Waals surface area contributed by atoms with Gasteiger partial charge in [-0.1, -0.05) is 0 Å². The normalized spacial score (nSPS) is 47.8. The van der Waals surface area contributed by atoms with Crippen molar-refractivity contribution < 1.29 is 9.80 Å². The number of quaternary nitrogens is 2. The third-order valence-corrected chi connectivity index (χ3v) is 5.61. The fourth-order valence-corrected chi connectivity index (χ4v) is 4.59. The van der Waals surface area contributed by atoms with Crippen molar-refractivity contribution in [2.45, 2.75) is 51.6 Å². The Morgan fingerprint density at radius 2 is 1.69 bits per heavy atom. The second-order valence-electron chi connectivity index (χ2n) is 6.75. The lowest BCUT2D eigenvalue weighted by atomic mass is 9.93. The molecule has 1 saturated heterocycles. The van der Waals surface area contributed by atoms with Gasteiger partial charge in [-0.05, 0) is 39.0 Å². The topological polar surface area (TPSA) is 8.88 Å². The molecule has 1 aliphatic heterocycles. The van der Waals surface area contributed by atoms with Gasteiger partial charge in [-0.15, -0.1) is 0 Å². The Hall–Kier alpha value is -0.0800. The van der Waals surface area contributed by atoms with E-state index in [4.69, 9.17) is 0 Å². The minimum absolute atomic E-state index is 0.835. The molecule has 2 saturated carbocycles. The molecule has 2 bridgehead atoms. The summed E-state index contributed by atoms with van der Waals surface area (Å²) < 4.78 is 0. The van der Waals surface area contributed by atoms with Crippen molar-refractivity contribution in [3.05, 3.63) is 0 Å². The molecule has 3 fully saturated rings. The van der Waals surface area contributed by atoms with Crippen LogP contribution in [0.15, 0.2) is 0 Å². The molecule has 1 heterocycles. The summed E-state index contributed by atoms with van der Waals surface area (Å²) in [5.74, 6) is 2.23. The van der Waals surface area contributed by atoms with E-state index in [1.807, 2.05) is 9.80 Å². The maximum Gasteiger partial charge on any atom is 0.127 e. The summed E-state index contributed by atoms with van der Waals surface area (Å²) in [7, 11) is 0. The molecule has 0 aromatic heterocycles. The van der Waals surface area contributed by atoms with Gasteiger partial charge in [0.15, 0.2) is 0 Å². The zero-order chi connectivity index (χ0) is 11.1. The summed E-state index contributed by atoms with van der Waals surface area (Å²) in [5.41, 5.74) is 0. The molecule has 0 aromatic carbocycles. The van der Waals surface area contributed by atoms with Crippen LogP contribution in [0, 0.1) is 11.8 Å². The highest BCUT2D eigenvalue weighted by Gasteiger charge is 2.46. The van der Waals surface area contributed by atoms with Gasteiger partial charge in [0.2, 0.25) is 0 Å². The van der Waals surface area contributed by atoms with E-state index in [1.54, 1.807) is 25.7 Å². The van der Waals surface area contributed by atoms with Crippen LogP contribution in [0.3, 0.4) is 0 Å². The molecule has 0 unspecified atom stereocenters. The number of rotatable bonds is 2. The van der Waals surface area contributed by atoms with E-state index in [0.717, 1.165) is 23.9 Å². The first-order valence-electron chi connectivity index (χ1n) is 7.43. The predicted octanol–water partition coefficient (Wildman–Crippen LogP) is -0.633. The van der Waals surface area contributed by atoms with Crippen LogP contribution in [0.25, 0.3) is 0 Å². The zero-order valence-electron chi connectivity index (χ0n) is 11.0. The van der Waals surface area contributed by atoms with Crippen LogP contribution >= 0.6 is 0 Å². The summed E-state index contributed by atoms with van der Waals surface area (Å²) in [6.45, 7) is 10.5.